The molecule has 0 bridgehead atoms. The average molecular weight is 760 g/mol. The van der Waals surface area contributed by atoms with Crippen LogP contribution >= 0.6 is 0 Å². The van der Waals surface area contributed by atoms with Crippen LogP contribution in [0.25, 0.3) is 0 Å². The number of primary amides is 1. The van der Waals surface area contributed by atoms with Crippen LogP contribution in [0, 0.1) is 5.92 Å². The summed E-state index contributed by atoms with van der Waals surface area (Å²) in [7, 11) is 0. The van der Waals surface area contributed by atoms with E-state index in [1.165, 1.54) is 6.92 Å². The van der Waals surface area contributed by atoms with Gasteiger partial charge in [0, 0.05) is 19.8 Å². The number of hydrogen-bond acceptors (Lipinski definition) is 10. The summed E-state index contributed by atoms with van der Waals surface area (Å²) in [5, 5.41) is 43.0. The number of rotatable bonds is 25. The van der Waals surface area contributed by atoms with Crippen molar-refractivity contribution in [2.24, 2.45) is 23.1 Å². The molecule has 0 aromatic rings. The Morgan fingerprint density at radius 1 is 0.623 bits per heavy atom. The highest BCUT2D eigenvalue weighted by molar-refractivity contribution is 5.97. The van der Waals surface area contributed by atoms with Crippen molar-refractivity contribution in [2.75, 3.05) is 6.54 Å². The first-order valence-corrected chi connectivity index (χ1v) is 16.9. The predicted octanol–water partition coefficient (Wildman–Crippen LogP) is -6.29. The van der Waals surface area contributed by atoms with Crippen molar-refractivity contribution in [1.82, 2.24) is 31.9 Å². The van der Waals surface area contributed by atoms with E-state index in [0.717, 1.165) is 13.8 Å². The third-order valence-corrected chi connectivity index (χ3v) is 7.42. The van der Waals surface area contributed by atoms with E-state index in [1.807, 2.05) is 0 Å². The Hall–Kier alpha value is -5.54. The summed E-state index contributed by atoms with van der Waals surface area (Å²) in [6.07, 6.45) is -2.95. The van der Waals surface area contributed by atoms with Gasteiger partial charge in [0.1, 0.15) is 36.3 Å². The number of aliphatic hydroxyl groups is 1. The highest BCUT2D eigenvalue weighted by atomic mass is 16.4. The zero-order valence-electron chi connectivity index (χ0n) is 30.5. The van der Waals surface area contributed by atoms with Gasteiger partial charge in [-0.3, -0.25) is 54.8 Å². The van der Waals surface area contributed by atoms with Crippen molar-refractivity contribution >= 4 is 59.2 Å². The monoisotopic (exact) mass is 759 g/mol. The summed E-state index contributed by atoms with van der Waals surface area (Å²) in [4.78, 5) is 114. The topological polar surface area (TPSA) is 379 Å². The van der Waals surface area contributed by atoms with Crippen molar-refractivity contribution in [2.45, 2.75) is 122 Å². The highest BCUT2D eigenvalue weighted by Gasteiger charge is 2.34. The average Bonchev–Trinajstić information content (AvgIpc) is 3.03. The Morgan fingerprint density at radius 3 is 1.60 bits per heavy atom. The fraction of sp³-hybridized carbons (Fsp3) is 0.677. The van der Waals surface area contributed by atoms with Gasteiger partial charge in [0.25, 0.3) is 0 Å². The molecule has 0 aliphatic carbocycles. The molecule has 300 valence electrons. The van der Waals surface area contributed by atoms with Crippen LogP contribution in [0.3, 0.4) is 0 Å². The van der Waals surface area contributed by atoms with Gasteiger partial charge in [-0.15, -0.1) is 0 Å². The lowest BCUT2D eigenvalue weighted by atomic mass is 10.0. The number of carbonyl (C=O) groups is 9. The smallest absolute Gasteiger partial charge is 0.338 e. The Labute approximate surface area is 306 Å². The van der Waals surface area contributed by atoms with Crippen LogP contribution in [0.15, 0.2) is 0 Å². The van der Waals surface area contributed by atoms with Crippen LogP contribution in [0.4, 0.5) is 0 Å². The summed E-state index contributed by atoms with van der Waals surface area (Å²) >= 11 is 0. The molecule has 0 unspecified atom stereocenters. The van der Waals surface area contributed by atoms with E-state index in [1.54, 1.807) is 13.8 Å². The highest BCUT2D eigenvalue weighted by Crippen LogP contribution is 2.08. The number of nitrogens with two attached hydrogens (primary N) is 3. The molecule has 0 saturated heterocycles. The summed E-state index contributed by atoms with van der Waals surface area (Å²) < 4.78 is 0. The van der Waals surface area contributed by atoms with E-state index in [-0.39, 0.29) is 50.5 Å². The minimum atomic E-state index is -1.74. The van der Waals surface area contributed by atoms with Crippen LogP contribution in [-0.4, -0.2) is 123 Å². The van der Waals surface area contributed by atoms with Gasteiger partial charge in [-0.2, -0.15) is 0 Å². The SMILES string of the molecule is CC(=O)N[C@@H](CCC(=O)O)C(=O)N[C@@H](C)C(=O)N[C@@H](CCC(N)=O)C(=O)N[C@H](C(=O)N[C@@H](CCC[NH+]=C(N)N)C(=O)N[C@@H](CC(C)C)C(=O)O)[C@@H](C)O. The predicted molar refractivity (Wildman–Crippen MR) is 185 cm³/mol. The molecule has 7 atom stereocenters. The van der Waals surface area contributed by atoms with Crippen molar-refractivity contribution in [1.29, 1.82) is 0 Å². The van der Waals surface area contributed by atoms with E-state index < -0.39 is 108 Å². The first-order valence-electron chi connectivity index (χ1n) is 16.9. The lowest BCUT2D eigenvalue weighted by molar-refractivity contribution is -0.459. The van der Waals surface area contributed by atoms with Gasteiger partial charge in [0.2, 0.25) is 41.4 Å². The number of carbonyl (C=O) groups excluding carboxylic acids is 7. The molecule has 0 aliphatic rings. The van der Waals surface area contributed by atoms with Crippen molar-refractivity contribution in [3.63, 3.8) is 0 Å². The molecule has 0 aromatic carbocycles. The molecule has 22 heteroatoms. The van der Waals surface area contributed by atoms with Crippen LogP contribution in [-0.2, 0) is 43.2 Å². The van der Waals surface area contributed by atoms with Gasteiger partial charge in [0.15, 0.2) is 0 Å². The summed E-state index contributed by atoms with van der Waals surface area (Å²) in [5.74, 6) is -9.10. The first-order chi connectivity index (χ1) is 24.5. The number of aliphatic hydroxyl groups excluding tert-OH is 1. The number of aliphatic carboxylic acids is 2. The summed E-state index contributed by atoms with van der Waals surface area (Å²) in [5.41, 5.74) is 16.0. The number of amides is 7. The van der Waals surface area contributed by atoms with Gasteiger partial charge in [-0.1, -0.05) is 13.8 Å². The minimum Gasteiger partial charge on any atom is -0.481 e. The molecule has 0 fully saturated rings. The largest absolute Gasteiger partial charge is 0.481 e. The molecule has 7 amide bonds. The molecule has 16 N–H and O–H groups in total. The van der Waals surface area contributed by atoms with E-state index in [4.69, 9.17) is 22.3 Å². The van der Waals surface area contributed by atoms with Crippen LogP contribution < -0.4 is 54.1 Å². The molecular formula is C31H55N10O12+. The number of guanidine groups is 1. The van der Waals surface area contributed by atoms with Crippen LogP contribution in [0.5, 0.6) is 0 Å². The number of hydrogen-bond donors (Lipinski definition) is 13. The first kappa shape index (κ1) is 47.5. The van der Waals surface area contributed by atoms with E-state index >= 15 is 0 Å². The molecule has 0 saturated carbocycles. The fourth-order valence-corrected chi connectivity index (χ4v) is 4.71. The maximum absolute atomic E-state index is 13.4. The van der Waals surface area contributed by atoms with Crippen LogP contribution in [0.2, 0.25) is 0 Å². The molecule has 53 heavy (non-hydrogen) atoms. The standard InChI is InChI=1S/C31H54N10O12/c1-14(2)13-21(30(52)53)40-27(49)18(7-6-12-35-31(33)34)39-29(51)24(16(4)42)41-28(50)20(8-10-22(32)44)38-25(47)15(3)36-26(48)19(37-17(5)43)9-11-23(45)46/h14-16,18-21,24,42H,6-13H2,1-5H3,(H2,32,44)(H,36,48)(H,37,43)(H,38,47)(H,39,51)(H,40,49)(H,41,50)(H,45,46)(H,52,53)(H4,33,34,35)/p+1/t15-,16+,18-,19-,20-,21-,24-/m0/s1. The second kappa shape index (κ2) is 23.8. The number of carboxylic acid groups (broad SMARTS) is 2. The zero-order valence-corrected chi connectivity index (χ0v) is 30.5. The van der Waals surface area contributed by atoms with Crippen molar-refractivity contribution in [3.05, 3.63) is 0 Å². The molecule has 0 aliphatic heterocycles. The lowest BCUT2D eigenvalue weighted by Crippen LogP contribution is -2.78. The van der Waals surface area contributed by atoms with Gasteiger partial charge in [-0.05, 0) is 51.9 Å². The third-order valence-electron chi connectivity index (χ3n) is 7.42. The zero-order chi connectivity index (χ0) is 41.0. The molecule has 0 aromatic heterocycles. The Balaban J connectivity index is 6.09. The van der Waals surface area contributed by atoms with Gasteiger partial charge < -0.3 is 53.0 Å². The Morgan fingerprint density at radius 2 is 1.11 bits per heavy atom. The molecule has 0 rings (SSSR count). The molecule has 0 spiro atoms. The second-order valence-corrected chi connectivity index (χ2v) is 12.8. The molecular weight excluding hydrogens is 704 g/mol. The fourth-order valence-electron chi connectivity index (χ4n) is 4.71. The van der Waals surface area contributed by atoms with E-state index in [2.05, 4.69) is 36.9 Å². The molecule has 0 heterocycles. The lowest BCUT2D eigenvalue weighted by Gasteiger charge is -2.28. The van der Waals surface area contributed by atoms with Gasteiger partial charge in [0.05, 0.1) is 12.6 Å². The minimum absolute atomic E-state index is 0.0631. The van der Waals surface area contributed by atoms with E-state index in [0.29, 0.717) is 0 Å². The summed E-state index contributed by atoms with van der Waals surface area (Å²) in [6.45, 7) is 7.15. The second-order valence-electron chi connectivity index (χ2n) is 12.8. The number of nitrogens with one attached hydrogen (secondary N) is 7. The normalized spacial score (nSPS) is 14.8. The third kappa shape index (κ3) is 20.2. The maximum Gasteiger partial charge on any atom is 0.338 e. The van der Waals surface area contributed by atoms with Gasteiger partial charge in [-0.25, -0.2) is 4.79 Å². The Kier molecular flexibility index (Phi) is 21.3. The Bertz CT molecular complexity index is 1350. The summed E-state index contributed by atoms with van der Waals surface area (Å²) in [6, 6.07) is -8.62. The van der Waals surface area contributed by atoms with Crippen molar-refractivity contribution < 1.29 is 63.5 Å². The van der Waals surface area contributed by atoms with Gasteiger partial charge >= 0.3 is 17.9 Å². The van der Waals surface area contributed by atoms with E-state index in [9.17, 15) is 53.4 Å². The number of carboxylic acids is 2. The van der Waals surface area contributed by atoms with Crippen molar-refractivity contribution in [3.8, 4) is 0 Å². The quantitative estimate of drug-likeness (QED) is 0.0234. The molecule has 0 radical (unpaired) electrons. The maximum atomic E-state index is 13.4. The molecule has 22 nitrogen and oxygen atoms in total. The van der Waals surface area contributed by atoms with Crippen LogP contribution in [0.1, 0.15) is 79.6 Å².